The van der Waals surface area contributed by atoms with Gasteiger partial charge < -0.3 is 15.3 Å². The highest BCUT2D eigenvalue weighted by Crippen LogP contribution is 2.13. The fraction of sp³-hybridized carbons (Fsp3) is 0.615. The smallest absolute Gasteiger partial charge is 0.317 e. The Morgan fingerprint density at radius 2 is 2.20 bits per heavy atom. The summed E-state index contributed by atoms with van der Waals surface area (Å²) in [6.45, 7) is 6.46. The lowest BCUT2D eigenvalue weighted by Gasteiger charge is -2.27. The van der Waals surface area contributed by atoms with Crippen LogP contribution >= 0.6 is 11.3 Å². The standard InChI is InChI=1S/C13H21N3O3S/c1-4-10-7-14-11(20-10)8-15-13(19)16(5-2)9(3)6-12(17)18/h7,9H,4-6,8H2,1-3H3,(H,15,19)(H,17,18). The van der Waals surface area contributed by atoms with Gasteiger partial charge in [0.1, 0.15) is 5.01 Å². The van der Waals surface area contributed by atoms with Crippen LogP contribution in [0.3, 0.4) is 0 Å². The van der Waals surface area contributed by atoms with Crippen LogP contribution in [0, 0.1) is 0 Å². The molecule has 2 N–H and O–H groups in total. The zero-order valence-electron chi connectivity index (χ0n) is 12.0. The molecule has 1 rings (SSSR count). The Morgan fingerprint density at radius 3 is 2.70 bits per heavy atom. The average molecular weight is 299 g/mol. The average Bonchev–Trinajstić information content (AvgIpc) is 2.84. The number of carbonyl (C=O) groups excluding carboxylic acids is 1. The summed E-state index contributed by atoms with van der Waals surface area (Å²) in [6.07, 6.45) is 2.69. The molecule has 20 heavy (non-hydrogen) atoms. The van der Waals surface area contributed by atoms with Gasteiger partial charge in [0, 0.05) is 23.7 Å². The molecule has 1 aromatic heterocycles. The van der Waals surface area contributed by atoms with E-state index in [0.29, 0.717) is 13.1 Å². The highest BCUT2D eigenvalue weighted by Gasteiger charge is 2.20. The highest BCUT2D eigenvalue weighted by atomic mass is 32.1. The Hall–Kier alpha value is -1.63. The number of aromatic nitrogens is 1. The molecule has 7 heteroatoms. The number of urea groups is 1. The van der Waals surface area contributed by atoms with E-state index in [1.54, 1.807) is 18.3 Å². The summed E-state index contributed by atoms with van der Waals surface area (Å²) in [4.78, 5) is 29.7. The third-order valence-electron chi connectivity index (χ3n) is 2.94. The summed E-state index contributed by atoms with van der Waals surface area (Å²) < 4.78 is 0. The zero-order valence-corrected chi connectivity index (χ0v) is 12.9. The van der Waals surface area contributed by atoms with Crippen LogP contribution in [0.2, 0.25) is 0 Å². The normalized spacial score (nSPS) is 11.9. The van der Waals surface area contributed by atoms with Crippen LogP contribution in [-0.2, 0) is 17.8 Å². The molecule has 0 radical (unpaired) electrons. The summed E-state index contributed by atoms with van der Waals surface area (Å²) >= 11 is 1.57. The van der Waals surface area contributed by atoms with Gasteiger partial charge in [-0.25, -0.2) is 9.78 Å². The van der Waals surface area contributed by atoms with E-state index in [-0.39, 0.29) is 18.5 Å². The maximum atomic E-state index is 12.0. The van der Waals surface area contributed by atoms with Gasteiger partial charge in [0.05, 0.1) is 13.0 Å². The van der Waals surface area contributed by atoms with Gasteiger partial charge in [-0.1, -0.05) is 6.92 Å². The molecule has 0 bridgehead atoms. The Balaban J connectivity index is 2.52. The molecule has 1 unspecified atom stereocenters. The van der Waals surface area contributed by atoms with E-state index >= 15 is 0 Å². The first-order valence-corrected chi connectivity index (χ1v) is 7.49. The number of amides is 2. The third kappa shape index (κ3) is 4.80. The van der Waals surface area contributed by atoms with E-state index in [2.05, 4.69) is 17.2 Å². The van der Waals surface area contributed by atoms with Gasteiger partial charge in [0.15, 0.2) is 0 Å². The second-order valence-corrected chi connectivity index (χ2v) is 5.67. The van der Waals surface area contributed by atoms with Gasteiger partial charge in [-0.3, -0.25) is 4.79 Å². The largest absolute Gasteiger partial charge is 0.481 e. The topological polar surface area (TPSA) is 82.5 Å². The summed E-state index contributed by atoms with van der Waals surface area (Å²) in [5.41, 5.74) is 0. The van der Waals surface area contributed by atoms with E-state index in [9.17, 15) is 9.59 Å². The maximum Gasteiger partial charge on any atom is 0.317 e. The number of thiazole rings is 1. The van der Waals surface area contributed by atoms with Crippen molar-refractivity contribution in [3.63, 3.8) is 0 Å². The van der Waals surface area contributed by atoms with E-state index in [1.807, 2.05) is 13.1 Å². The molecule has 0 saturated heterocycles. The van der Waals surface area contributed by atoms with Crippen molar-refractivity contribution < 1.29 is 14.7 Å². The lowest BCUT2D eigenvalue weighted by atomic mass is 10.2. The maximum absolute atomic E-state index is 12.0. The van der Waals surface area contributed by atoms with Crippen molar-refractivity contribution >= 4 is 23.3 Å². The van der Waals surface area contributed by atoms with Crippen LogP contribution in [-0.4, -0.2) is 39.6 Å². The first kappa shape index (κ1) is 16.4. The molecule has 112 valence electrons. The lowest BCUT2D eigenvalue weighted by Crippen LogP contribution is -2.45. The number of carboxylic acids is 1. The number of nitrogens with one attached hydrogen (secondary N) is 1. The molecule has 0 aromatic carbocycles. The van der Waals surface area contributed by atoms with E-state index < -0.39 is 5.97 Å². The van der Waals surface area contributed by atoms with Gasteiger partial charge in [-0.15, -0.1) is 11.3 Å². The quantitative estimate of drug-likeness (QED) is 0.807. The van der Waals surface area contributed by atoms with Crippen LogP contribution in [0.15, 0.2) is 6.20 Å². The molecule has 0 aliphatic carbocycles. The van der Waals surface area contributed by atoms with Crippen LogP contribution in [0.1, 0.15) is 37.1 Å². The molecule has 0 saturated carbocycles. The van der Waals surface area contributed by atoms with Crippen molar-refractivity contribution in [2.24, 2.45) is 0 Å². The van der Waals surface area contributed by atoms with Crippen LogP contribution in [0.25, 0.3) is 0 Å². The van der Waals surface area contributed by atoms with Crippen molar-refractivity contribution in [1.82, 2.24) is 15.2 Å². The molecule has 2 amide bonds. The number of carboxylic acid groups (broad SMARTS) is 1. The summed E-state index contributed by atoms with van der Waals surface area (Å²) in [5, 5.41) is 12.4. The van der Waals surface area contributed by atoms with Crippen LogP contribution in [0.5, 0.6) is 0 Å². The molecule has 0 aliphatic heterocycles. The lowest BCUT2D eigenvalue weighted by molar-refractivity contribution is -0.138. The molecule has 1 atom stereocenters. The predicted octanol–water partition coefficient (Wildman–Crippen LogP) is 2.10. The molecule has 0 spiro atoms. The Morgan fingerprint density at radius 1 is 1.50 bits per heavy atom. The Kier molecular flexibility index (Phi) is 6.44. The fourth-order valence-corrected chi connectivity index (χ4v) is 2.67. The van der Waals surface area contributed by atoms with Crippen molar-refractivity contribution in [2.45, 2.75) is 46.2 Å². The number of nitrogens with zero attached hydrogens (tertiary/aromatic N) is 2. The molecule has 0 fully saturated rings. The van der Waals surface area contributed by atoms with E-state index in [1.165, 1.54) is 9.78 Å². The van der Waals surface area contributed by atoms with Crippen LogP contribution < -0.4 is 5.32 Å². The summed E-state index contributed by atoms with van der Waals surface area (Å²) in [5.74, 6) is -0.906. The summed E-state index contributed by atoms with van der Waals surface area (Å²) in [7, 11) is 0. The second kappa shape index (κ2) is 7.84. The fourth-order valence-electron chi connectivity index (χ4n) is 1.86. The number of hydrogen-bond acceptors (Lipinski definition) is 4. The van der Waals surface area contributed by atoms with Crippen molar-refractivity contribution in [3.05, 3.63) is 16.1 Å². The molecule has 6 nitrogen and oxygen atoms in total. The second-order valence-electron chi connectivity index (χ2n) is 4.47. The van der Waals surface area contributed by atoms with Gasteiger partial charge in [0.25, 0.3) is 0 Å². The van der Waals surface area contributed by atoms with Gasteiger partial charge in [0.2, 0.25) is 0 Å². The van der Waals surface area contributed by atoms with Crippen LogP contribution in [0.4, 0.5) is 4.79 Å². The van der Waals surface area contributed by atoms with E-state index in [0.717, 1.165) is 11.4 Å². The minimum Gasteiger partial charge on any atom is -0.481 e. The highest BCUT2D eigenvalue weighted by molar-refractivity contribution is 7.11. The van der Waals surface area contributed by atoms with E-state index in [4.69, 9.17) is 5.11 Å². The third-order valence-corrected chi connectivity index (χ3v) is 4.09. The monoisotopic (exact) mass is 299 g/mol. The summed E-state index contributed by atoms with van der Waals surface area (Å²) in [6, 6.07) is -0.588. The molecule has 1 aromatic rings. The van der Waals surface area contributed by atoms with Crippen molar-refractivity contribution in [3.8, 4) is 0 Å². The first-order valence-electron chi connectivity index (χ1n) is 6.67. The number of hydrogen-bond donors (Lipinski definition) is 2. The SMILES string of the molecule is CCc1cnc(CNC(=O)N(CC)C(C)CC(=O)O)s1. The Bertz CT molecular complexity index is 461. The zero-order chi connectivity index (χ0) is 15.1. The van der Waals surface area contributed by atoms with Gasteiger partial charge in [-0.2, -0.15) is 0 Å². The minimum absolute atomic E-state index is 0.0570. The van der Waals surface area contributed by atoms with Gasteiger partial charge in [-0.05, 0) is 20.3 Å². The number of aliphatic carboxylic acids is 1. The number of aryl methyl sites for hydroxylation is 1. The molecular weight excluding hydrogens is 278 g/mol. The number of rotatable bonds is 7. The first-order chi connectivity index (χ1) is 9.47. The molecule has 1 heterocycles. The van der Waals surface area contributed by atoms with Crippen molar-refractivity contribution in [1.29, 1.82) is 0 Å². The molecular formula is C13H21N3O3S. The predicted molar refractivity (Wildman–Crippen MR) is 77.8 cm³/mol. The Labute approximate surface area is 122 Å². The number of carbonyl (C=O) groups is 2. The van der Waals surface area contributed by atoms with Gasteiger partial charge >= 0.3 is 12.0 Å². The minimum atomic E-state index is -0.906. The van der Waals surface area contributed by atoms with Crippen molar-refractivity contribution in [2.75, 3.05) is 6.54 Å². The molecule has 0 aliphatic rings.